The van der Waals surface area contributed by atoms with Crippen molar-refractivity contribution < 1.29 is 14.6 Å². The van der Waals surface area contributed by atoms with E-state index in [4.69, 9.17) is 4.74 Å². The number of carboxylic acids is 1. The molecule has 0 bridgehead atoms. The molecule has 0 unspecified atom stereocenters. The molecule has 2 aromatic rings. The molecule has 1 aliphatic carbocycles. The molecule has 1 aliphatic rings. The maximum absolute atomic E-state index is 12.1. The number of fused-ring (bicyclic) bond motifs is 1. The first-order chi connectivity index (χ1) is 11.9. The van der Waals surface area contributed by atoms with E-state index in [-0.39, 0.29) is 5.41 Å². The van der Waals surface area contributed by atoms with Crippen molar-refractivity contribution in [3.05, 3.63) is 33.8 Å². The van der Waals surface area contributed by atoms with Crippen molar-refractivity contribution in [1.82, 2.24) is 10.3 Å². The van der Waals surface area contributed by atoms with E-state index in [0.29, 0.717) is 18.0 Å². The monoisotopic (exact) mass is 360 g/mol. The number of aromatic carboxylic acids is 1. The Kier molecular flexibility index (Phi) is 4.84. The van der Waals surface area contributed by atoms with Gasteiger partial charge < -0.3 is 15.2 Å². The number of rotatable bonds is 5. The van der Waals surface area contributed by atoms with Gasteiger partial charge in [0.1, 0.15) is 0 Å². The van der Waals surface area contributed by atoms with E-state index in [1.54, 1.807) is 24.6 Å². The normalized spacial score (nSPS) is 15.7. The number of pyridine rings is 1. The lowest BCUT2D eigenvalue weighted by atomic mass is 9.76. The van der Waals surface area contributed by atoms with Gasteiger partial charge in [0.25, 0.3) is 0 Å². The summed E-state index contributed by atoms with van der Waals surface area (Å²) in [6, 6.07) is 1.85. The first-order valence-corrected chi connectivity index (χ1v) is 9.23. The lowest BCUT2D eigenvalue weighted by Crippen LogP contribution is -2.22. The van der Waals surface area contributed by atoms with Crippen LogP contribution in [0.15, 0.2) is 12.3 Å². The summed E-state index contributed by atoms with van der Waals surface area (Å²) in [6.07, 6.45) is 4.60. The van der Waals surface area contributed by atoms with Crippen LogP contribution in [0.1, 0.15) is 46.6 Å². The molecule has 134 valence electrons. The second-order valence-corrected chi connectivity index (χ2v) is 8.37. The average Bonchev–Trinajstić information content (AvgIpc) is 2.92. The van der Waals surface area contributed by atoms with Gasteiger partial charge in [-0.05, 0) is 42.9 Å². The highest BCUT2D eigenvalue weighted by Crippen LogP contribution is 2.46. The number of carbonyl (C=O) groups is 1. The van der Waals surface area contributed by atoms with Crippen LogP contribution in [0, 0.1) is 5.41 Å². The molecule has 5 nitrogen and oxygen atoms in total. The van der Waals surface area contributed by atoms with Gasteiger partial charge >= 0.3 is 5.97 Å². The van der Waals surface area contributed by atoms with E-state index in [9.17, 15) is 9.90 Å². The van der Waals surface area contributed by atoms with Crippen molar-refractivity contribution in [3.63, 3.8) is 0 Å². The smallest absolute Gasteiger partial charge is 0.337 e. The molecular formula is C19H24N2O3S. The Bertz CT molecular complexity index is 811. The minimum Gasteiger partial charge on any atom is -0.481 e. The van der Waals surface area contributed by atoms with Gasteiger partial charge in [-0.2, -0.15) is 0 Å². The first kappa shape index (κ1) is 17.9. The third-order valence-electron chi connectivity index (χ3n) is 4.77. The van der Waals surface area contributed by atoms with Crippen molar-refractivity contribution >= 4 is 17.3 Å². The number of hydrogen-bond acceptors (Lipinski definition) is 5. The zero-order chi connectivity index (χ0) is 18.2. The van der Waals surface area contributed by atoms with Crippen LogP contribution in [-0.4, -0.2) is 30.2 Å². The Labute approximate surface area is 152 Å². The minimum atomic E-state index is -0.851. The Hall–Kier alpha value is -1.92. The molecule has 0 amide bonds. The molecule has 0 spiro atoms. The lowest BCUT2D eigenvalue weighted by Gasteiger charge is -2.29. The topological polar surface area (TPSA) is 71.5 Å². The number of ether oxygens (including phenoxy) is 1. The van der Waals surface area contributed by atoms with Crippen LogP contribution in [0.3, 0.4) is 0 Å². The summed E-state index contributed by atoms with van der Waals surface area (Å²) in [6.45, 7) is 5.04. The van der Waals surface area contributed by atoms with Crippen molar-refractivity contribution in [3.8, 4) is 16.3 Å². The lowest BCUT2D eigenvalue weighted by molar-refractivity contribution is 0.0696. The largest absolute Gasteiger partial charge is 0.481 e. The van der Waals surface area contributed by atoms with Crippen LogP contribution in [0.2, 0.25) is 0 Å². The van der Waals surface area contributed by atoms with Crippen molar-refractivity contribution in [1.29, 1.82) is 0 Å². The van der Waals surface area contributed by atoms with Crippen LogP contribution < -0.4 is 10.1 Å². The summed E-state index contributed by atoms with van der Waals surface area (Å²) >= 11 is 1.61. The highest BCUT2D eigenvalue weighted by molar-refractivity contribution is 7.16. The third kappa shape index (κ3) is 3.41. The molecular weight excluding hydrogens is 336 g/mol. The molecule has 0 aromatic carbocycles. The van der Waals surface area contributed by atoms with Gasteiger partial charge in [0, 0.05) is 34.1 Å². The molecule has 0 saturated carbocycles. The highest BCUT2D eigenvalue weighted by atomic mass is 32.1. The molecule has 6 heteroatoms. The number of methoxy groups -OCH3 is 1. The first-order valence-electron chi connectivity index (χ1n) is 8.42. The van der Waals surface area contributed by atoms with E-state index in [1.165, 1.54) is 4.88 Å². The second-order valence-electron chi connectivity index (χ2n) is 7.27. The predicted molar refractivity (Wildman–Crippen MR) is 99.6 cm³/mol. The summed E-state index contributed by atoms with van der Waals surface area (Å²) in [5, 5.41) is 13.1. The van der Waals surface area contributed by atoms with Gasteiger partial charge in [-0.3, -0.25) is 0 Å². The van der Waals surface area contributed by atoms with Crippen LogP contribution in [0.5, 0.6) is 5.88 Å². The van der Waals surface area contributed by atoms with E-state index in [0.717, 1.165) is 40.8 Å². The standard InChI is InChI=1S/C19H24N2O3S/c1-19(2)6-5-14-13(8-19)16(18(22)23)17(25-14)12-7-15(24-4)21-10-11(12)9-20-3/h7,10,20H,5-6,8-9H2,1-4H3,(H,22,23). The van der Waals surface area contributed by atoms with Gasteiger partial charge in [0.2, 0.25) is 5.88 Å². The Morgan fingerprint density at radius 2 is 2.24 bits per heavy atom. The molecule has 2 aromatic heterocycles. The summed E-state index contributed by atoms with van der Waals surface area (Å²) in [5.74, 6) is -0.353. The van der Waals surface area contributed by atoms with Gasteiger partial charge in [-0.25, -0.2) is 9.78 Å². The van der Waals surface area contributed by atoms with Gasteiger partial charge in [-0.1, -0.05) is 13.8 Å². The number of carboxylic acid groups (broad SMARTS) is 1. The van der Waals surface area contributed by atoms with Crippen LogP contribution in [0.25, 0.3) is 10.4 Å². The second kappa shape index (κ2) is 6.77. The van der Waals surface area contributed by atoms with Gasteiger partial charge in [0.05, 0.1) is 12.7 Å². The SMILES string of the molecule is CNCc1cnc(OC)cc1-c1sc2c(c1C(=O)O)CC(C)(C)CC2. The molecule has 0 atom stereocenters. The molecule has 25 heavy (non-hydrogen) atoms. The van der Waals surface area contributed by atoms with Crippen LogP contribution >= 0.6 is 11.3 Å². The zero-order valence-electron chi connectivity index (χ0n) is 15.1. The number of thiophene rings is 1. The summed E-state index contributed by atoms with van der Waals surface area (Å²) in [5.41, 5.74) is 3.48. The number of aryl methyl sites for hydroxylation is 1. The summed E-state index contributed by atoms with van der Waals surface area (Å²) in [4.78, 5) is 18.4. The van der Waals surface area contributed by atoms with E-state index < -0.39 is 5.97 Å². The van der Waals surface area contributed by atoms with Crippen molar-refractivity contribution in [2.75, 3.05) is 14.2 Å². The molecule has 2 heterocycles. The van der Waals surface area contributed by atoms with E-state index >= 15 is 0 Å². The van der Waals surface area contributed by atoms with Gasteiger partial charge in [0.15, 0.2) is 0 Å². The highest BCUT2D eigenvalue weighted by Gasteiger charge is 2.33. The van der Waals surface area contributed by atoms with Crippen LogP contribution in [0.4, 0.5) is 0 Å². The number of nitrogens with zero attached hydrogens (tertiary/aromatic N) is 1. The number of nitrogens with one attached hydrogen (secondary N) is 1. The van der Waals surface area contributed by atoms with Gasteiger partial charge in [-0.15, -0.1) is 11.3 Å². The zero-order valence-corrected chi connectivity index (χ0v) is 15.9. The van der Waals surface area contributed by atoms with Crippen LogP contribution in [-0.2, 0) is 19.4 Å². The average molecular weight is 360 g/mol. The molecule has 2 N–H and O–H groups in total. The number of hydrogen-bond donors (Lipinski definition) is 2. The molecule has 0 aliphatic heterocycles. The molecule has 0 fully saturated rings. The molecule has 0 saturated heterocycles. The summed E-state index contributed by atoms with van der Waals surface area (Å²) in [7, 11) is 3.44. The van der Waals surface area contributed by atoms with E-state index in [1.807, 2.05) is 13.1 Å². The minimum absolute atomic E-state index is 0.138. The fourth-order valence-corrected chi connectivity index (χ4v) is 4.82. The third-order valence-corrected chi connectivity index (χ3v) is 6.10. The quantitative estimate of drug-likeness (QED) is 0.850. The molecule has 0 radical (unpaired) electrons. The maximum atomic E-state index is 12.1. The van der Waals surface area contributed by atoms with Crippen molar-refractivity contribution in [2.45, 2.75) is 39.7 Å². The fourth-order valence-electron chi connectivity index (χ4n) is 3.45. The Balaban J connectivity index is 2.21. The Morgan fingerprint density at radius 3 is 2.88 bits per heavy atom. The fraction of sp³-hybridized carbons (Fsp3) is 0.474. The number of aromatic nitrogens is 1. The van der Waals surface area contributed by atoms with E-state index in [2.05, 4.69) is 24.1 Å². The predicted octanol–water partition coefficient (Wildman–Crippen LogP) is 3.75. The summed E-state index contributed by atoms with van der Waals surface area (Å²) < 4.78 is 5.27. The molecule has 3 rings (SSSR count). The Morgan fingerprint density at radius 1 is 1.48 bits per heavy atom. The van der Waals surface area contributed by atoms with Crippen molar-refractivity contribution in [2.24, 2.45) is 5.41 Å². The maximum Gasteiger partial charge on any atom is 0.337 e.